The predicted molar refractivity (Wildman–Crippen MR) is 227 cm³/mol. The van der Waals surface area contributed by atoms with Gasteiger partial charge in [-0.1, -0.05) is 54.0 Å². The van der Waals surface area contributed by atoms with E-state index < -0.39 is 0 Å². The van der Waals surface area contributed by atoms with E-state index in [1.807, 2.05) is 36.7 Å². The van der Waals surface area contributed by atoms with Gasteiger partial charge in [0.2, 0.25) is 0 Å². The van der Waals surface area contributed by atoms with Crippen LogP contribution in [-0.4, -0.2) is 72.9 Å². The van der Waals surface area contributed by atoms with E-state index in [1.165, 1.54) is 11.1 Å². The van der Waals surface area contributed by atoms with Crippen LogP contribution < -0.4 is 0 Å². The van der Waals surface area contributed by atoms with Crippen LogP contribution in [0.5, 0.6) is 0 Å². The smallest absolute Gasteiger partial charge is 0.197 e. The van der Waals surface area contributed by atoms with Gasteiger partial charge in [0.15, 0.2) is 14.6 Å². The fraction of sp³-hybridized carbons (Fsp3) is 0.333. The van der Waals surface area contributed by atoms with Gasteiger partial charge in [0, 0.05) is 69.5 Å². The third kappa shape index (κ3) is 9.46. The Morgan fingerprint density at radius 1 is 0.704 bits per heavy atom. The molecule has 2 aliphatic rings. The third-order valence-corrected chi connectivity index (χ3v) is 12.0. The van der Waals surface area contributed by atoms with Crippen molar-refractivity contribution in [3.8, 4) is 11.3 Å². The number of pyridine rings is 2. The van der Waals surface area contributed by atoms with Crippen LogP contribution >= 0.6 is 39.1 Å². The van der Waals surface area contributed by atoms with Crippen LogP contribution in [0.2, 0.25) is 22.7 Å². The van der Waals surface area contributed by atoms with Gasteiger partial charge in [0.05, 0.1) is 22.4 Å². The summed E-state index contributed by atoms with van der Waals surface area (Å²) >= 11 is 16.6. The molecule has 8 rings (SSSR count). The standard InChI is InChI=1S/C25H23BClN2O2.C17H18BBrClN2O/c27-23-10-18(15-29-7-5-17(6-8-29)12-26-16-30)9-20-21(23)13-28-14-22(20)25-11-19-3-1-2-4-24(19)31-25;19-16-9-21-8-15-14(16)5-13(6-17(15)20)10-22-3-1-12(2-4-22)7-18-11-23/h1-4,9-11,13-14,16-17H,5-8,12,15H2;5-6,8-9,11-12H,1-4,7,10H2. The Balaban J connectivity index is 0.000000175. The lowest BCUT2D eigenvalue weighted by molar-refractivity contribution is 0.185. The lowest BCUT2D eigenvalue weighted by Gasteiger charge is -2.31. The normalized spacial score (nSPS) is 16.0. The second kappa shape index (κ2) is 18.4. The number of aromatic nitrogens is 2. The van der Waals surface area contributed by atoms with Gasteiger partial charge in [-0.15, -0.1) is 0 Å². The minimum atomic E-state index is 0.618. The van der Waals surface area contributed by atoms with Crippen molar-refractivity contribution in [1.82, 2.24) is 19.8 Å². The summed E-state index contributed by atoms with van der Waals surface area (Å²) in [5, 5.41) is 6.63. The molecular formula is C42H41B2BrCl2N4O3. The summed E-state index contributed by atoms with van der Waals surface area (Å²) < 4.78 is 7.09. The monoisotopic (exact) mass is 820 g/mol. The van der Waals surface area contributed by atoms with E-state index >= 15 is 0 Å². The Hall–Kier alpha value is -3.53. The first kappa shape index (κ1) is 38.7. The van der Waals surface area contributed by atoms with Gasteiger partial charge in [0.1, 0.15) is 11.3 Å². The largest absolute Gasteiger partial charge is 0.456 e. The minimum Gasteiger partial charge on any atom is -0.456 e. The average molecular weight is 822 g/mol. The van der Waals surface area contributed by atoms with Crippen molar-refractivity contribution in [2.45, 2.75) is 51.4 Å². The van der Waals surface area contributed by atoms with Gasteiger partial charge < -0.3 is 14.0 Å². The van der Waals surface area contributed by atoms with E-state index in [0.29, 0.717) is 16.9 Å². The van der Waals surface area contributed by atoms with Crippen LogP contribution in [0.25, 0.3) is 43.8 Å². The molecule has 2 fully saturated rings. The van der Waals surface area contributed by atoms with Gasteiger partial charge in [-0.05, 0) is 133 Å². The maximum atomic E-state index is 10.6. The molecule has 0 aliphatic carbocycles. The van der Waals surface area contributed by atoms with Crippen LogP contribution in [0.3, 0.4) is 0 Å². The number of para-hydroxylation sites is 1. The first-order valence-corrected chi connectivity index (χ1v) is 20.2. The van der Waals surface area contributed by atoms with Crippen molar-refractivity contribution in [2.24, 2.45) is 11.8 Å². The molecule has 0 bridgehead atoms. The number of hydrogen-bond acceptors (Lipinski definition) is 7. The van der Waals surface area contributed by atoms with Crippen molar-refractivity contribution in [1.29, 1.82) is 0 Å². The maximum absolute atomic E-state index is 10.6. The first-order valence-electron chi connectivity index (χ1n) is 18.6. The second-order valence-corrected chi connectivity index (χ2v) is 16.1. The van der Waals surface area contributed by atoms with Crippen molar-refractivity contribution in [2.75, 3.05) is 26.2 Å². The van der Waals surface area contributed by atoms with Crippen molar-refractivity contribution in [3.05, 3.63) is 105 Å². The Kier molecular flexibility index (Phi) is 13.2. The highest BCUT2D eigenvalue weighted by Gasteiger charge is 2.21. The summed E-state index contributed by atoms with van der Waals surface area (Å²) in [4.78, 5) is 34.5. The summed E-state index contributed by atoms with van der Waals surface area (Å²) in [6.45, 7) is 6.00. The molecule has 5 heterocycles. The minimum absolute atomic E-state index is 0.618. The van der Waals surface area contributed by atoms with Gasteiger partial charge in [-0.2, -0.15) is 0 Å². The molecule has 0 atom stereocenters. The Morgan fingerprint density at radius 3 is 1.81 bits per heavy atom. The number of fused-ring (bicyclic) bond motifs is 3. The summed E-state index contributed by atoms with van der Waals surface area (Å²) in [6, 6.07) is 18.6. The lowest BCUT2D eigenvalue weighted by Crippen LogP contribution is -2.33. The predicted octanol–water partition coefficient (Wildman–Crippen LogP) is 10.0. The van der Waals surface area contributed by atoms with E-state index in [2.05, 4.69) is 66.0 Å². The number of hydrogen-bond donors (Lipinski definition) is 0. The van der Waals surface area contributed by atoms with Crippen LogP contribution in [0.4, 0.5) is 0 Å². The summed E-state index contributed by atoms with van der Waals surface area (Å²) in [5.74, 6) is 2.07. The van der Waals surface area contributed by atoms with Crippen molar-refractivity contribution < 1.29 is 14.0 Å². The van der Waals surface area contributed by atoms with E-state index in [0.717, 1.165) is 143 Å². The van der Waals surface area contributed by atoms with Gasteiger partial charge in [0.25, 0.3) is 0 Å². The molecule has 54 heavy (non-hydrogen) atoms. The highest BCUT2D eigenvalue weighted by Crippen LogP contribution is 2.36. The molecule has 3 aromatic heterocycles. The molecule has 0 amide bonds. The highest BCUT2D eigenvalue weighted by atomic mass is 79.9. The SMILES string of the molecule is O=C[B]CC1CCN(Cc2cc(Cl)c3cncc(-c4cc5ccccc5o4)c3c2)CC1.O=C[B]CC1CCN(Cc2cc(Cl)c3cncc(Br)c3c2)CC1. The van der Waals surface area contributed by atoms with Crippen LogP contribution in [0, 0.1) is 11.8 Å². The fourth-order valence-corrected chi connectivity index (χ4v) is 8.83. The zero-order chi connectivity index (χ0) is 37.4. The molecule has 3 aromatic carbocycles. The van der Waals surface area contributed by atoms with Crippen molar-refractivity contribution >= 4 is 98.6 Å². The molecule has 0 N–H and O–H groups in total. The first-order chi connectivity index (χ1) is 26.4. The van der Waals surface area contributed by atoms with E-state index in [-0.39, 0.29) is 0 Å². The molecular weight excluding hydrogens is 781 g/mol. The zero-order valence-electron chi connectivity index (χ0n) is 30.1. The Labute approximate surface area is 336 Å². The maximum Gasteiger partial charge on any atom is 0.197 e. The molecule has 274 valence electrons. The summed E-state index contributed by atoms with van der Waals surface area (Å²) in [6.07, 6.45) is 15.5. The molecule has 2 aliphatic heterocycles. The second-order valence-electron chi connectivity index (χ2n) is 14.5. The Morgan fingerprint density at radius 2 is 1.24 bits per heavy atom. The number of halogens is 3. The topological polar surface area (TPSA) is 79.5 Å². The average Bonchev–Trinajstić information content (AvgIpc) is 3.62. The third-order valence-electron chi connectivity index (χ3n) is 10.8. The van der Waals surface area contributed by atoms with Crippen LogP contribution in [0.1, 0.15) is 36.8 Å². The molecule has 0 unspecified atom stereocenters. The number of carbonyl (C=O) groups is 2. The molecule has 7 nitrogen and oxygen atoms in total. The van der Waals surface area contributed by atoms with E-state index in [1.54, 1.807) is 27.0 Å². The van der Waals surface area contributed by atoms with Crippen LogP contribution in [0.15, 0.2) is 88.3 Å². The molecule has 0 spiro atoms. The van der Waals surface area contributed by atoms with E-state index in [9.17, 15) is 9.59 Å². The summed E-state index contributed by atoms with van der Waals surface area (Å²) in [5.41, 5.74) is 4.25. The molecule has 0 saturated carbocycles. The quantitative estimate of drug-likeness (QED) is 0.0951. The number of likely N-dealkylation sites (tertiary alicyclic amines) is 2. The van der Waals surface area contributed by atoms with E-state index in [4.69, 9.17) is 27.6 Å². The number of benzene rings is 3. The fourth-order valence-electron chi connectivity index (χ4n) is 7.80. The van der Waals surface area contributed by atoms with Crippen molar-refractivity contribution in [3.63, 3.8) is 0 Å². The number of rotatable bonds is 11. The number of furan rings is 1. The number of carbonyl (C=O) groups excluding carboxylic acids is 2. The van der Waals surface area contributed by atoms with Gasteiger partial charge >= 0.3 is 0 Å². The Bertz CT molecular complexity index is 2210. The van der Waals surface area contributed by atoms with Crippen LogP contribution in [-0.2, 0) is 22.7 Å². The number of piperidine rings is 2. The number of nitrogens with zero attached hydrogens (tertiary/aromatic N) is 4. The molecule has 2 radical (unpaired) electrons. The lowest BCUT2D eigenvalue weighted by atomic mass is 9.69. The highest BCUT2D eigenvalue weighted by molar-refractivity contribution is 9.10. The van der Waals surface area contributed by atoms with Gasteiger partial charge in [-0.25, -0.2) is 0 Å². The zero-order valence-corrected chi connectivity index (χ0v) is 33.2. The van der Waals surface area contributed by atoms with Gasteiger partial charge in [-0.3, -0.25) is 19.8 Å². The summed E-state index contributed by atoms with van der Waals surface area (Å²) in [7, 11) is 3.49. The molecule has 12 heteroatoms. The molecule has 2 saturated heterocycles. The molecule has 6 aromatic rings.